The lowest BCUT2D eigenvalue weighted by molar-refractivity contribution is 0.0695. The summed E-state index contributed by atoms with van der Waals surface area (Å²) in [7, 11) is 0. The van der Waals surface area contributed by atoms with Gasteiger partial charge < -0.3 is 10.2 Å². The van der Waals surface area contributed by atoms with E-state index >= 15 is 0 Å². The van der Waals surface area contributed by atoms with Crippen LogP contribution >= 0.6 is 0 Å². The van der Waals surface area contributed by atoms with E-state index in [1.807, 2.05) is 0 Å². The summed E-state index contributed by atoms with van der Waals surface area (Å²) in [5.74, 6) is -3.38. The zero-order valence-corrected chi connectivity index (χ0v) is 11.3. The molecule has 0 unspecified atom stereocenters. The summed E-state index contributed by atoms with van der Waals surface area (Å²) >= 11 is 0. The number of carboxylic acid groups (broad SMARTS) is 2. The summed E-state index contributed by atoms with van der Waals surface area (Å²) in [6, 6.07) is 5.46. The Bertz CT molecular complexity index is 717. The van der Waals surface area contributed by atoms with Crippen LogP contribution in [0.25, 0.3) is 11.1 Å². The zero-order valence-electron chi connectivity index (χ0n) is 11.3. The van der Waals surface area contributed by atoms with Gasteiger partial charge in [-0.15, -0.1) is 0 Å². The number of hydrogen-bond acceptors (Lipinski definition) is 3. The molecule has 2 aromatic rings. The molecule has 21 heavy (non-hydrogen) atoms. The number of aromatic carboxylic acids is 2. The molecule has 0 aliphatic carbocycles. The number of halogens is 1. The first-order valence-corrected chi connectivity index (χ1v) is 6.07. The second kappa shape index (κ2) is 5.32. The van der Waals surface area contributed by atoms with Crippen molar-refractivity contribution in [2.45, 2.75) is 13.8 Å². The van der Waals surface area contributed by atoms with Crippen LogP contribution in [0, 0.1) is 19.7 Å². The summed E-state index contributed by atoms with van der Waals surface area (Å²) in [5.41, 5.74) is -0.545. The smallest absolute Gasteiger partial charge is 0.338 e. The lowest BCUT2D eigenvalue weighted by Gasteiger charge is -2.15. The van der Waals surface area contributed by atoms with Gasteiger partial charge in [-0.1, -0.05) is 18.2 Å². The molecule has 0 saturated carbocycles. The van der Waals surface area contributed by atoms with Crippen molar-refractivity contribution in [2.24, 2.45) is 0 Å². The van der Waals surface area contributed by atoms with E-state index in [-0.39, 0.29) is 33.6 Å². The second-order valence-corrected chi connectivity index (χ2v) is 4.50. The Morgan fingerprint density at radius 2 is 1.48 bits per heavy atom. The largest absolute Gasteiger partial charge is 0.478 e. The Labute approximate surface area is 119 Å². The van der Waals surface area contributed by atoms with E-state index in [1.165, 1.54) is 32.0 Å². The minimum absolute atomic E-state index is 0.0686. The number of aromatic nitrogens is 1. The van der Waals surface area contributed by atoms with Crippen molar-refractivity contribution in [2.75, 3.05) is 0 Å². The van der Waals surface area contributed by atoms with Gasteiger partial charge in [0.1, 0.15) is 5.82 Å². The number of carbonyl (C=O) groups is 2. The van der Waals surface area contributed by atoms with Crippen molar-refractivity contribution in [1.82, 2.24) is 4.98 Å². The molecule has 0 amide bonds. The average Bonchev–Trinajstić information content (AvgIpc) is 2.37. The third-order valence-electron chi connectivity index (χ3n) is 3.13. The highest BCUT2D eigenvalue weighted by atomic mass is 19.1. The number of nitrogens with zero attached hydrogens (tertiary/aromatic N) is 1. The van der Waals surface area contributed by atoms with E-state index in [4.69, 9.17) is 0 Å². The Kier molecular flexibility index (Phi) is 3.71. The van der Waals surface area contributed by atoms with Gasteiger partial charge in [-0.05, 0) is 19.9 Å². The fourth-order valence-electron chi connectivity index (χ4n) is 2.31. The monoisotopic (exact) mass is 289 g/mol. The van der Waals surface area contributed by atoms with Gasteiger partial charge in [-0.25, -0.2) is 14.0 Å². The van der Waals surface area contributed by atoms with Crippen LogP contribution in [0.4, 0.5) is 4.39 Å². The fourth-order valence-corrected chi connectivity index (χ4v) is 2.31. The summed E-state index contributed by atoms with van der Waals surface area (Å²) in [6.07, 6.45) is 0. The summed E-state index contributed by atoms with van der Waals surface area (Å²) in [6.45, 7) is 2.90. The first-order valence-electron chi connectivity index (χ1n) is 6.07. The molecule has 0 spiro atoms. The number of benzene rings is 1. The molecule has 6 heteroatoms. The van der Waals surface area contributed by atoms with Gasteiger partial charge in [0.15, 0.2) is 0 Å². The number of pyridine rings is 1. The maximum Gasteiger partial charge on any atom is 0.338 e. The highest BCUT2D eigenvalue weighted by Crippen LogP contribution is 2.33. The maximum atomic E-state index is 14.0. The van der Waals surface area contributed by atoms with Crippen molar-refractivity contribution in [3.8, 4) is 11.1 Å². The number of aryl methyl sites for hydroxylation is 2. The first kappa shape index (κ1) is 14.6. The highest BCUT2D eigenvalue weighted by molar-refractivity contribution is 6.06. The predicted molar refractivity (Wildman–Crippen MR) is 73.0 cm³/mol. The first-order chi connectivity index (χ1) is 9.84. The molecule has 0 atom stereocenters. The predicted octanol–water partition coefficient (Wildman–Crippen LogP) is 2.90. The topological polar surface area (TPSA) is 87.5 Å². The molecule has 5 nitrogen and oxygen atoms in total. The average molecular weight is 289 g/mol. The van der Waals surface area contributed by atoms with Crippen molar-refractivity contribution in [1.29, 1.82) is 0 Å². The third kappa shape index (κ3) is 2.47. The van der Waals surface area contributed by atoms with Crippen molar-refractivity contribution in [3.05, 3.63) is 52.6 Å². The third-order valence-corrected chi connectivity index (χ3v) is 3.13. The molecule has 0 radical (unpaired) electrons. The molecule has 0 saturated heterocycles. The molecule has 2 N–H and O–H groups in total. The molecule has 0 bridgehead atoms. The molecule has 2 rings (SSSR count). The minimum atomic E-state index is -1.35. The van der Waals surface area contributed by atoms with Crippen LogP contribution in [0.15, 0.2) is 24.3 Å². The van der Waals surface area contributed by atoms with Gasteiger partial charge >= 0.3 is 11.9 Å². The Hall–Kier alpha value is -2.76. The van der Waals surface area contributed by atoms with Gasteiger partial charge in [-0.2, -0.15) is 0 Å². The Morgan fingerprint density at radius 1 is 1.00 bits per heavy atom. The second-order valence-electron chi connectivity index (χ2n) is 4.50. The van der Waals surface area contributed by atoms with Gasteiger partial charge in [-0.3, -0.25) is 4.98 Å². The summed E-state index contributed by atoms with van der Waals surface area (Å²) in [4.78, 5) is 26.9. The van der Waals surface area contributed by atoms with Crippen LogP contribution in [0.5, 0.6) is 0 Å². The van der Waals surface area contributed by atoms with E-state index in [0.29, 0.717) is 0 Å². The zero-order chi connectivity index (χ0) is 15.7. The van der Waals surface area contributed by atoms with Gasteiger partial charge in [0, 0.05) is 11.1 Å². The molecule has 0 aliphatic heterocycles. The number of rotatable bonds is 3. The van der Waals surface area contributed by atoms with E-state index < -0.39 is 17.8 Å². The molecule has 1 aromatic heterocycles. The normalized spacial score (nSPS) is 10.4. The molecule has 0 fully saturated rings. The van der Waals surface area contributed by atoms with Crippen LogP contribution in [0.2, 0.25) is 0 Å². The molecule has 1 heterocycles. The van der Waals surface area contributed by atoms with Gasteiger partial charge in [0.25, 0.3) is 0 Å². The van der Waals surface area contributed by atoms with E-state index in [2.05, 4.69) is 4.98 Å². The van der Waals surface area contributed by atoms with Crippen molar-refractivity contribution in [3.63, 3.8) is 0 Å². The van der Waals surface area contributed by atoms with E-state index in [9.17, 15) is 24.2 Å². The maximum absolute atomic E-state index is 14.0. The lowest BCUT2D eigenvalue weighted by atomic mass is 9.92. The lowest BCUT2D eigenvalue weighted by Crippen LogP contribution is -2.14. The van der Waals surface area contributed by atoms with Crippen LogP contribution < -0.4 is 0 Å². The van der Waals surface area contributed by atoms with Crippen LogP contribution in [-0.2, 0) is 0 Å². The molecule has 108 valence electrons. The van der Waals surface area contributed by atoms with Crippen LogP contribution in [-0.4, -0.2) is 27.1 Å². The Morgan fingerprint density at radius 3 is 1.90 bits per heavy atom. The van der Waals surface area contributed by atoms with E-state index in [0.717, 1.165) is 6.07 Å². The SMILES string of the molecule is Cc1nc(C)c(C(=O)O)c(-c2ccccc2F)c1C(=O)O. The molecular formula is C15H12FNO4. The standard InChI is InChI=1S/C15H12FNO4/c1-7-11(14(18)19)13(9-5-3-4-6-10(9)16)12(15(20)21)8(2)17-7/h3-6H,1-2H3,(H,18,19)(H,20,21). The van der Waals surface area contributed by atoms with Crippen LogP contribution in [0.1, 0.15) is 32.1 Å². The Balaban J connectivity index is 3.00. The fraction of sp³-hybridized carbons (Fsp3) is 0.133. The quantitative estimate of drug-likeness (QED) is 0.907. The molecule has 0 aliphatic rings. The van der Waals surface area contributed by atoms with Gasteiger partial charge in [0.05, 0.1) is 22.5 Å². The van der Waals surface area contributed by atoms with Crippen molar-refractivity contribution < 1.29 is 24.2 Å². The molecule has 1 aromatic carbocycles. The van der Waals surface area contributed by atoms with Gasteiger partial charge in [0.2, 0.25) is 0 Å². The molecular weight excluding hydrogens is 277 g/mol. The minimum Gasteiger partial charge on any atom is -0.478 e. The highest BCUT2D eigenvalue weighted by Gasteiger charge is 2.27. The van der Waals surface area contributed by atoms with E-state index in [1.54, 1.807) is 0 Å². The van der Waals surface area contributed by atoms with Crippen LogP contribution in [0.3, 0.4) is 0 Å². The number of carboxylic acids is 2. The number of hydrogen-bond donors (Lipinski definition) is 2. The summed E-state index contributed by atoms with van der Waals surface area (Å²) in [5, 5.41) is 18.7. The van der Waals surface area contributed by atoms with Crippen molar-refractivity contribution >= 4 is 11.9 Å². The summed E-state index contributed by atoms with van der Waals surface area (Å²) < 4.78 is 14.0.